The van der Waals surface area contributed by atoms with Crippen LogP contribution in [0.5, 0.6) is 0 Å². The second-order valence-electron chi connectivity index (χ2n) is 5.99. The topological polar surface area (TPSA) is 62.7 Å². The van der Waals surface area contributed by atoms with Gasteiger partial charge in [0.1, 0.15) is 0 Å². The fourth-order valence-corrected chi connectivity index (χ4v) is 2.47. The molecule has 0 saturated heterocycles. The van der Waals surface area contributed by atoms with Gasteiger partial charge in [-0.05, 0) is 41.8 Å². The standard InChI is InChI=1S/C20H22F3N3O2/c1-24-19(26-13-15-3-7-16(8-4-15)18(27)28-2)25-12-11-14-5-9-17(10-6-14)20(21,22)23/h3-10H,11-13H2,1-2H3,(H2,24,25,26). The number of nitrogens with one attached hydrogen (secondary N) is 2. The van der Waals surface area contributed by atoms with E-state index in [0.29, 0.717) is 31.0 Å². The predicted octanol–water partition coefficient (Wildman–Crippen LogP) is 3.40. The van der Waals surface area contributed by atoms with Gasteiger partial charge in [0.15, 0.2) is 5.96 Å². The minimum atomic E-state index is -4.32. The number of halogens is 3. The summed E-state index contributed by atoms with van der Waals surface area (Å²) in [6.45, 7) is 1.02. The highest BCUT2D eigenvalue weighted by atomic mass is 19.4. The summed E-state index contributed by atoms with van der Waals surface area (Å²) in [4.78, 5) is 15.5. The van der Waals surface area contributed by atoms with Crippen LogP contribution in [-0.4, -0.2) is 32.6 Å². The zero-order chi connectivity index (χ0) is 20.6. The average Bonchev–Trinajstić information content (AvgIpc) is 2.70. The number of aliphatic imine (C=N–C) groups is 1. The first kappa shape index (κ1) is 21.3. The van der Waals surface area contributed by atoms with E-state index in [1.165, 1.54) is 19.2 Å². The van der Waals surface area contributed by atoms with Gasteiger partial charge in [-0.1, -0.05) is 24.3 Å². The second kappa shape index (κ2) is 9.77. The summed E-state index contributed by atoms with van der Waals surface area (Å²) in [6.07, 6.45) is -3.76. The predicted molar refractivity (Wildman–Crippen MR) is 101 cm³/mol. The molecule has 0 heterocycles. The van der Waals surface area contributed by atoms with Gasteiger partial charge in [-0.25, -0.2) is 4.79 Å². The highest BCUT2D eigenvalue weighted by Crippen LogP contribution is 2.29. The molecule has 0 atom stereocenters. The monoisotopic (exact) mass is 393 g/mol. The highest BCUT2D eigenvalue weighted by molar-refractivity contribution is 5.89. The average molecular weight is 393 g/mol. The molecule has 0 spiro atoms. The van der Waals surface area contributed by atoms with Crippen LogP contribution >= 0.6 is 0 Å². The van der Waals surface area contributed by atoms with Crippen LogP contribution in [0.4, 0.5) is 13.2 Å². The lowest BCUT2D eigenvalue weighted by atomic mass is 10.1. The van der Waals surface area contributed by atoms with Gasteiger partial charge in [-0.2, -0.15) is 13.2 Å². The number of nitrogens with zero attached hydrogens (tertiary/aromatic N) is 1. The minimum absolute atomic E-state index is 0.389. The molecular formula is C20H22F3N3O2. The Hall–Kier alpha value is -3.03. The van der Waals surface area contributed by atoms with E-state index in [-0.39, 0.29) is 5.97 Å². The zero-order valence-corrected chi connectivity index (χ0v) is 15.6. The molecule has 2 aromatic carbocycles. The first-order chi connectivity index (χ1) is 13.3. The molecule has 0 saturated carbocycles. The Balaban J connectivity index is 1.79. The van der Waals surface area contributed by atoms with Gasteiger partial charge < -0.3 is 15.4 Å². The van der Waals surface area contributed by atoms with Gasteiger partial charge >= 0.3 is 12.1 Å². The van der Waals surface area contributed by atoms with Crippen molar-refractivity contribution in [2.24, 2.45) is 4.99 Å². The largest absolute Gasteiger partial charge is 0.465 e. The van der Waals surface area contributed by atoms with E-state index >= 15 is 0 Å². The first-order valence-electron chi connectivity index (χ1n) is 8.61. The molecule has 8 heteroatoms. The van der Waals surface area contributed by atoms with Crippen molar-refractivity contribution in [3.8, 4) is 0 Å². The molecular weight excluding hydrogens is 371 g/mol. The Kier molecular flexibility index (Phi) is 7.43. The van der Waals surface area contributed by atoms with Crippen molar-refractivity contribution in [1.82, 2.24) is 10.6 Å². The van der Waals surface area contributed by atoms with Gasteiger partial charge in [0.05, 0.1) is 18.2 Å². The second-order valence-corrected chi connectivity index (χ2v) is 5.99. The number of hydrogen-bond donors (Lipinski definition) is 2. The molecule has 28 heavy (non-hydrogen) atoms. The first-order valence-corrected chi connectivity index (χ1v) is 8.61. The minimum Gasteiger partial charge on any atom is -0.465 e. The molecule has 2 rings (SSSR count). The molecule has 0 aromatic heterocycles. The summed E-state index contributed by atoms with van der Waals surface area (Å²) in [6, 6.07) is 12.1. The number of carbonyl (C=O) groups is 1. The molecule has 0 aliphatic rings. The number of ether oxygens (including phenoxy) is 1. The summed E-state index contributed by atoms with van der Waals surface area (Å²) >= 11 is 0. The lowest BCUT2D eigenvalue weighted by molar-refractivity contribution is -0.137. The van der Waals surface area contributed by atoms with Crippen LogP contribution in [0, 0.1) is 0 Å². The van der Waals surface area contributed by atoms with E-state index in [2.05, 4.69) is 20.4 Å². The van der Waals surface area contributed by atoms with Crippen molar-refractivity contribution in [3.05, 3.63) is 70.8 Å². The van der Waals surface area contributed by atoms with Crippen molar-refractivity contribution < 1.29 is 22.7 Å². The van der Waals surface area contributed by atoms with Crippen LogP contribution in [0.1, 0.15) is 27.0 Å². The number of esters is 1. The SMILES string of the molecule is CN=C(NCCc1ccc(C(F)(F)F)cc1)NCc1ccc(C(=O)OC)cc1. The molecule has 0 radical (unpaired) electrons. The number of methoxy groups -OCH3 is 1. The molecule has 0 aliphatic carbocycles. The Morgan fingerprint density at radius 1 is 1.00 bits per heavy atom. The maximum Gasteiger partial charge on any atom is 0.416 e. The maximum absolute atomic E-state index is 12.6. The Bertz CT molecular complexity index is 801. The van der Waals surface area contributed by atoms with Gasteiger partial charge in [0, 0.05) is 20.1 Å². The molecule has 2 N–H and O–H groups in total. The van der Waals surface area contributed by atoms with Crippen LogP contribution in [0.15, 0.2) is 53.5 Å². The van der Waals surface area contributed by atoms with Crippen LogP contribution in [0.25, 0.3) is 0 Å². The number of benzene rings is 2. The fourth-order valence-electron chi connectivity index (χ4n) is 2.47. The molecule has 0 unspecified atom stereocenters. The van der Waals surface area contributed by atoms with Crippen molar-refractivity contribution in [3.63, 3.8) is 0 Å². The van der Waals surface area contributed by atoms with E-state index in [1.54, 1.807) is 19.2 Å². The summed E-state index contributed by atoms with van der Waals surface area (Å²) in [5, 5.41) is 6.25. The number of hydrogen-bond acceptors (Lipinski definition) is 3. The normalized spacial score (nSPS) is 11.8. The van der Waals surface area contributed by atoms with Gasteiger partial charge in [0.25, 0.3) is 0 Å². The smallest absolute Gasteiger partial charge is 0.416 e. The van der Waals surface area contributed by atoms with Crippen LogP contribution in [0.3, 0.4) is 0 Å². The van der Waals surface area contributed by atoms with Crippen molar-refractivity contribution in [2.75, 3.05) is 20.7 Å². The molecule has 0 aliphatic heterocycles. The van der Waals surface area contributed by atoms with E-state index in [1.807, 2.05) is 12.1 Å². The Labute approximate surface area is 161 Å². The van der Waals surface area contributed by atoms with Gasteiger partial charge in [0.2, 0.25) is 0 Å². The van der Waals surface area contributed by atoms with Gasteiger partial charge in [-0.15, -0.1) is 0 Å². The number of guanidine groups is 1. The van der Waals surface area contributed by atoms with Crippen molar-refractivity contribution >= 4 is 11.9 Å². The lowest BCUT2D eigenvalue weighted by Crippen LogP contribution is -2.37. The third-order valence-electron chi connectivity index (χ3n) is 4.05. The lowest BCUT2D eigenvalue weighted by Gasteiger charge is -2.12. The molecule has 150 valence electrons. The van der Waals surface area contributed by atoms with Crippen LogP contribution in [-0.2, 0) is 23.9 Å². The molecule has 0 fully saturated rings. The van der Waals surface area contributed by atoms with E-state index in [9.17, 15) is 18.0 Å². The summed E-state index contributed by atoms with van der Waals surface area (Å²) < 4.78 is 42.4. The van der Waals surface area contributed by atoms with Crippen molar-refractivity contribution in [2.45, 2.75) is 19.1 Å². The molecule has 0 amide bonds. The molecule has 0 bridgehead atoms. The number of carbonyl (C=O) groups excluding carboxylic acids is 1. The zero-order valence-electron chi connectivity index (χ0n) is 15.6. The summed E-state index contributed by atoms with van der Waals surface area (Å²) in [5.74, 6) is 0.184. The maximum atomic E-state index is 12.6. The van der Waals surface area contributed by atoms with Crippen molar-refractivity contribution in [1.29, 1.82) is 0 Å². The molecule has 5 nitrogen and oxygen atoms in total. The third kappa shape index (κ3) is 6.29. The summed E-state index contributed by atoms with van der Waals surface area (Å²) in [5.41, 5.74) is 1.58. The number of alkyl halides is 3. The quantitative estimate of drug-likeness (QED) is 0.449. The van der Waals surface area contributed by atoms with Gasteiger partial charge in [-0.3, -0.25) is 4.99 Å². The highest BCUT2D eigenvalue weighted by Gasteiger charge is 2.29. The van der Waals surface area contributed by atoms with E-state index in [0.717, 1.165) is 23.3 Å². The third-order valence-corrected chi connectivity index (χ3v) is 4.05. The Morgan fingerprint density at radius 2 is 1.61 bits per heavy atom. The van der Waals surface area contributed by atoms with E-state index in [4.69, 9.17) is 0 Å². The Morgan fingerprint density at radius 3 is 2.14 bits per heavy atom. The summed E-state index contributed by atoms with van der Waals surface area (Å²) in [7, 11) is 2.96. The van der Waals surface area contributed by atoms with Crippen LogP contribution in [0.2, 0.25) is 0 Å². The van der Waals surface area contributed by atoms with E-state index < -0.39 is 11.7 Å². The number of rotatable bonds is 6. The van der Waals surface area contributed by atoms with Crippen LogP contribution < -0.4 is 10.6 Å². The molecule has 2 aromatic rings. The fraction of sp³-hybridized carbons (Fsp3) is 0.300.